The lowest BCUT2D eigenvalue weighted by Gasteiger charge is -2.37. The van der Waals surface area contributed by atoms with Crippen LogP contribution in [0.4, 0.5) is 0 Å². The van der Waals surface area contributed by atoms with Crippen LogP contribution in [-0.4, -0.2) is 30.0 Å². The first-order valence-electron chi connectivity index (χ1n) is 9.79. The average molecular weight is 377 g/mol. The summed E-state index contributed by atoms with van der Waals surface area (Å²) in [6.07, 6.45) is 1.98. The van der Waals surface area contributed by atoms with Gasteiger partial charge in [-0.1, -0.05) is 74.0 Å². The lowest BCUT2D eigenvalue weighted by Crippen LogP contribution is -2.45. The third-order valence-electron chi connectivity index (χ3n) is 4.77. The number of ether oxygens (including phenoxy) is 1. The van der Waals surface area contributed by atoms with Crippen molar-refractivity contribution in [3.8, 4) is 0 Å². The fourth-order valence-corrected chi connectivity index (χ4v) is 3.44. The van der Waals surface area contributed by atoms with Crippen LogP contribution in [-0.2, 0) is 9.53 Å². The quantitative estimate of drug-likeness (QED) is 0.737. The predicted octanol–water partition coefficient (Wildman–Crippen LogP) is 4.13. The van der Waals surface area contributed by atoms with Gasteiger partial charge in [0.1, 0.15) is 0 Å². The van der Waals surface area contributed by atoms with E-state index in [0.717, 1.165) is 30.5 Å². The number of unbranched alkanes of at least 4 members (excludes halogenated alkanes) is 1. The molecule has 0 saturated heterocycles. The molecule has 0 radical (unpaired) electrons. The molecular formula is C23H27N3O2. The molecule has 146 valence electrons. The molecule has 1 unspecified atom stereocenters. The van der Waals surface area contributed by atoms with Crippen LogP contribution in [0.15, 0.2) is 71.2 Å². The Kier molecular flexibility index (Phi) is 6.48. The van der Waals surface area contributed by atoms with Crippen molar-refractivity contribution in [1.29, 1.82) is 0 Å². The highest BCUT2D eigenvalue weighted by Gasteiger charge is 2.37. The Morgan fingerprint density at radius 3 is 2.32 bits per heavy atom. The van der Waals surface area contributed by atoms with Gasteiger partial charge in [-0.05, 0) is 18.9 Å². The van der Waals surface area contributed by atoms with Crippen LogP contribution < -0.4 is 5.73 Å². The molecule has 5 heteroatoms. The number of benzene rings is 2. The van der Waals surface area contributed by atoms with Crippen LogP contribution >= 0.6 is 0 Å². The van der Waals surface area contributed by atoms with E-state index in [1.165, 1.54) is 0 Å². The van der Waals surface area contributed by atoms with Crippen molar-refractivity contribution in [1.82, 2.24) is 4.90 Å². The van der Waals surface area contributed by atoms with Crippen molar-refractivity contribution in [3.63, 3.8) is 0 Å². The molecule has 0 fully saturated rings. The van der Waals surface area contributed by atoms with Crippen molar-refractivity contribution in [2.75, 3.05) is 13.2 Å². The molecule has 0 bridgehead atoms. The Balaban J connectivity index is 2.21. The maximum atomic E-state index is 13.1. The second kappa shape index (κ2) is 9.22. The maximum Gasteiger partial charge on any atom is 0.338 e. The number of carbonyl (C=O) groups is 1. The molecule has 1 aliphatic rings. The zero-order chi connectivity index (χ0) is 19.9. The molecular weight excluding hydrogens is 350 g/mol. The SMILES string of the molecule is CCCCN1C(N)=NC(c2ccccc2)=C(C(=O)OCC)C1c1ccccc1. The summed E-state index contributed by atoms with van der Waals surface area (Å²) in [5, 5.41) is 0. The molecule has 0 aliphatic carbocycles. The monoisotopic (exact) mass is 377 g/mol. The molecule has 1 aliphatic heterocycles. The van der Waals surface area contributed by atoms with E-state index < -0.39 is 0 Å². The Morgan fingerprint density at radius 1 is 1.07 bits per heavy atom. The van der Waals surface area contributed by atoms with Gasteiger partial charge in [0.05, 0.1) is 23.9 Å². The minimum atomic E-state index is -0.354. The van der Waals surface area contributed by atoms with E-state index in [0.29, 0.717) is 23.8 Å². The van der Waals surface area contributed by atoms with Gasteiger partial charge in [0, 0.05) is 12.1 Å². The van der Waals surface area contributed by atoms with Crippen molar-refractivity contribution in [2.24, 2.45) is 10.7 Å². The summed E-state index contributed by atoms with van der Waals surface area (Å²) >= 11 is 0. The lowest BCUT2D eigenvalue weighted by molar-refractivity contribution is -0.139. The molecule has 0 saturated carbocycles. The first-order chi connectivity index (χ1) is 13.7. The smallest absolute Gasteiger partial charge is 0.338 e. The molecule has 2 aromatic carbocycles. The Bertz CT molecular complexity index is 860. The Morgan fingerprint density at radius 2 is 1.71 bits per heavy atom. The van der Waals surface area contributed by atoms with Gasteiger partial charge < -0.3 is 15.4 Å². The predicted molar refractivity (Wildman–Crippen MR) is 112 cm³/mol. The number of nitrogens with two attached hydrogens (primary N) is 1. The van der Waals surface area contributed by atoms with E-state index in [2.05, 4.69) is 11.9 Å². The number of aliphatic imine (C=N–C) groups is 1. The molecule has 2 N–H and O–H groups in total. The first kappa shape index (κ1) is 19.7. The summed E-state index contributed by atoms with van der Waals surface area (Å²) in [5.74, 6) is 0.0714. The van der Waals surface area contributed by atoms with Crippen molar-refractivity contribution < 1.29 is 9.53 Å². The molecule has 1 atom stereocenters. The zero-order valence-corrected chi connectivity index (χ0v) is 16.5. The van der Waals surface area contributed by atoms with Gasteiger partial charge in [-0.3, -0.25) is 0 Å². The second-order valence-electron chi connectivity index (χ2n) is 6.68. The topological polar surface area (TPSA) is 67.9 Å². The maximum absolute atomic E-state index is 13.1. The normalized spacial score (nSPS) is 16.7. The van der Waals surface area contributed by atoms with Gasteiger partial charge in [0.15, 0.2) is 5.96 Å². The van der Waals surface area contributed by atoms with Crippen LogP contribution in [0, 0.1) is 0 Å². The Hall–Kier alpha value is -3.08. The van der Waals surface area contributed by atoms with Crippen molar-refractivity contribution in [2.45, 2.75) is 32.7 Å². The lowest BCUT2D eigenvalue weighted by atomic mass is 9.91. The number of esters is 1. The van der Waals surface area contributed by atoms with Gasteiger partial charge in [0.2, 0.25) is 0 Å². The summed E-state index contributed by atoms with van der Waals surface area (Å²) in [4.78, 5) is 19.7. The zero-order valence-electron chi connectivity index (χ0n) is 16.5. The van der Waals surface area contributed by atoms with Crippen LogP contribution in [0.25, 0.3) is 5.70 Å². The molecule has 28 heavy (non-hydrogen) atoms. The standard InChI is InChI=1S/C23H27N3O2/c1-3-5-16-26-21(18-14-10-7-11-15-18)19(22(27)28-4-2)20(25-23(26)24)17-12-8-6-9-13-17/h6-15,21H,3-5,16H2,1-2H3,(H2,24,25). The highest BCUT2D eigenvalue weighted by atomic mass is 16.5. The van der Waals surface area contributed by atoms with E-state index in [-0.39, 0.29) is 12.0 Å². The van der Waals surface area contributed by atoms with E-state index in [1.807, 2.05) is 72.5 Å². The Labute approximate surface area is 166 Å². The average Bonchev–Trinajstić information content (AvgIpc) is 2.73. The molecule has 3 rings (SSSR count). The van der Waals surface area contributed by atoms with E-state index >= 15 is 0 Å². The molecule has 2 aromatic rings. The number of guanidine groups is 1. The fourth-order valence-electron chi connectivity index (χ4n) is 3.44. The summed E-state index contributed by atoms with van der Waals surface area (Å²) in [6.45, 7) is 4.97. The van der Waals surface area contributed by atoms with E-state index in [9.17, 15) is 4.79 Å². The van der Waals surface area contributed by atoms with Crippen molar-refractivity contribution >= 4 is 17.6 Å². The summed E-state index contributed by atoms with van der Waals surface area (Å²) in [7, 11) is 0. The summed E-state index contributed by atoms with van der Waals surface area (Å²) < 4.78 is 5.44. The minimum absolute atomic E-state index is 0.306. The molecule has 5 nitrogen and oxygen atoms in total. The second-order valence-corrected chi connectivity index (χ2v) is 6.68. The summed E-state index contributed by atoms with van der Waals surface area (Å²) in [5.41, 5.74) is 9.36. The van der Waals surface area contributed by atoms with Crippen LogP contribution in [0.3, 0.4) is 0 Å². The fraction of sp³-hybridized carbons (Fsp3) is 0.304. The number of carbonyl (C=O) groups excluding carboxylic acids is 1. The van der Waals surface area contributed by atoms with E-state index in [1.54, 1.807) is 0 Å². The van der Waals surface area contributed by atoms with Gasteiger partial charge in [-0.2, -0.15) is 0 Å². The third kappa shape index (κ3) is 4.09. The van der Waals surface area contributed by atoms with Crippen LogP contribution in [0.1, 0.15) is 43.9 Å². The summed E-state index contributed by atoms with van der Waals surface area (Å²) in [6, 6.07) is 19.3. The number of hydrogen-bond donors (Lipinski definition) is 1. The van der Waals surface area contributed by atoms with Crippen LogP contribution in [0.2, 0.25) is 0 Å². The molecule has 0 aromatic heterocycles. The first-order valence-corrected chi connectivity index (χ1v) is 9.79. The van der Waals surface area contributed by atoms with Gasteiger partial charge >= 0.3 is 5.97 Å². The number of hydrogen-bond acceptors (Lipinski definition) is 5. The number of rotatable bonds is 7. The van der Waals surface area contributed by atoms with Crippen LogP contribution in [0.5, 0.6) is 0 Å². The molecule has 0 spiro atoms. The number of nitrogens with zero attached hydrogens (tertiary/aromatic N) is 2. The highest BCUT2D eigenvalue weighted by Crippen LogP contribution is 2.38. The van der Waals surface area contributed by atoms with E-state index in [4.69, 9.17) is 10.5 Å². The van der Waals surface area contributed by atoms with Gasteiger partial charge in [0.25, 0.3) is 0 Å². The van der Waals surface area contributed by atoms with Gasteiger partial charge in [-0.15, -0.1) is 0 Å². The highest BCUT2D eigenvalue weighted by molar-refractivity contribution is 6.03. The van der Waals surface area contributed by atoms with Gasteiger partial charge in [-0.25, -0.2) is 9.79 Å². The van der Waals surface area contributed by atoms with Crippen molar-refractivity contribution in [3.05, 3.63) is 77.4 Å². The minimum Gasteiger partial charge on any atom is -0.463 e. The molecule has 1 heterocycles. The molecule has 0 amide bonds. The third-order valence-corrected chi connectivity index (χ3v) is 4.77. The largest absolute Gasteiger partial charge is 0.463 e.